The van der Waals surface area contributed by atoms with Gasteiger partial charge in [-0.15, -0.1) is 0 Å². The molecule has 4 N–H and O–H groups in total. The fourth-order valence-electron chi connectivity index (χ4n) is 1.97. The van der Waals surface area contributed by atoms with E-state index in [1.807, 2.05) is 0 Å². The standard InChI is InChI=1S/C15H13F3N4/c1-2-9(8-19)14(15(16,17)18)22-12-7-13(20)21-11-6-4-3-5-10(11)12/h2-8,19H,1H2,(H3,20,21,22)/b14-9-,19-8?. The minimum absolute atomic E-state index is 0.0951. The third kappa shape index (κ3) is 3.08. The lowest BCUT2D eigenvalue weighted by Crippen LogP contribution is -2.22. The van der Waals surface area contributed by atoms with Crippen LogP contribution in [0.15, 0.2) is 54.3 Å². The maximum Gasteiger partial charge on any atom is 0.431 e. The highest BCUT2D eigenvalue weighted by molar-refractivity contribution is 5.94. The van der Waals surface area contributed by atoms with Crippen LogP contribution in [0.3, 0.4) is 0 Å². The first-order chi connectivity index (χ1) is 10.4. The van der Waals surface area contributed by atoms with Crippen LogP contribution in [0.5, 0.6) is 0 Å². The molecule has 4 nitrogen and oxygen atoms in total. The molecule has 7 heteroatoms. The van der Waals surface area contributed by atoms with Gasteiger partial charge < -0.3 is 16.5 Å². The van der Waals surface area contributed by atoms with Gasteiger partial charge in [-0.2, -0.15) is 13.2 Å². The van der Waals surface area contributed by atoms with E-state index in [2.05, 4.69) is 16.9 Å². The Morgan fingerprint density at radius 3 is 2.59 bits per heavy atom. The molecule has 22 heavy (non-hydrogen) atoms. The monoisotopic (exact) mass is 306 g/mol. The van der Waals surface area contributed by atoms with Crippen LogP contribution in [0.4, 0.5) is 24.7 Å². The first-order valence-corrected chi connectivity index (χ1v) is 6.23. The zero-order valence-corrected chi connectivity index (χ0v) is 11.4. The fourth-order valence-corrected chi connectivity index (χ4v) is 1.97. The molecule has 2 aromatic rings. The quantitative estimate of drug-likeness (QED) is 0.592. The van der Waals surface area contributed by atoms with Crippen LogP contribution < -0.4 is 11.1 Å². The summed E-state index contributed by atoms with van der Waals surface area (Å²) in [5.41, 5.74) is 4.83. The Morgan fingerprint density at radius 1 is 1.32 bits per heavy atom. The number of halogens is 3. The summed E-state index contributed by atoms with van der Waals surface area (Å²) < 4.78 is 39.6. The van der Waals surface area contributed by atoms with Crippen LogP contribution in [-0.2, 0) is 0 Å². The molecule has 0 bridgehead atoms. The summed E-state index contributed by atoms with van der Waals surface area (Å²) in [6.07, 6.45) is -3.11. The van der Waals surface area contributed by atoms with Crippen molar-refractivity contribution in [1.82, 2.24) is 4.98 Å². The number of alkyl halides is 3. The molecule has 1 aromatic heterocycles. The Kier molecular flexibility index (Phi) is 4.16. The van der Waals surface area contributed by atoms with Gasteiger partial charge in [-0.05, 0) is 6.07 Å². The van der Waals surface area contributed by atoms with Crippen molar-refractivity contribution in [2.45, 2.75) is 6.18 Å². The summed E-state index contributed by atoms with van der Waals surface area (Å²) in [6.45, 7) is 3.30. The Hall–Kier alpha value is -2.83. The van der Waals surface area contributed by atoms with Gasteiger partial charge in [0.2, 0.25) is 0 Å². The van der Waals surface area contributed by atoms with Crippen molar-refractivity contribution in [3.63, 3.8) is 0 Å². The summed E-state index contributed by atoms with van der Waals surface area (Å²) in [7, 11) is 0. The second-order valence-corrected chi connectivity index (χ2v) is 4.41. The van der Waals surface area contributed by atoms with Crippen molar-refractivity contribution in [3.05, 3.63) is 54.3 Å². The van der Waals surface area contributed by atoms with Crippen LogP contribution >= 0.6 is 0 Å². The molecule has 0 spiro atoms. The van der Waals surface area contributed by atoms with E-state index in [0.29, 0.717) is 17.1 Å². The number of nitrogens with zero attached hydrogens (tertiary/aromatic N) is 1. The lowest BCUT2D eigenvalue weighted by atomic mass is 10.1. The van der Waals surface area contributed by atoms with E-state index in [9.17, 15) is 13.2 Å². The van der Waals surface area contributed by atoms with Crippen molar-refractivity contribution in [1.29, 1.82) is 5.41 Å². The van der Waals surface area contributed by atoms with Gasteiger partial charge in [0.1, 0.15) is 11.5 Å². The van der Waals surface area contributed by atoms with Crippen LogP contribution in [0, 0.1) is 5.41 Å². The van der Waals surface area contributed by atoms with Gasteiger partial charge in [0.25, 0.3) is 0 Å². The predicted molar refractivity (Wildman–Crippen MR) is 81.8 cm³/mol. The molecule has 0 aliphatic heterocycles. The molecule has 0 saturated carbocycles. The van der Waals surface area contributed by atoms with Crippen LogP contribution in [0.1, 0.15) is 0 Å². The zero-order valence-electron chi connectivity index (χ0n) is 11.4. The first kappa shape index (κ1) is 15.6. The van der Waals surface area contributed by atoms with Crippen molar-refractivity contribution >= 4 is 28.6 Å². The predicted octanol–water partition coefficient (Wildman–Crippen LogP) is 3.88. The maximum atomic E-state index is 13.2. The lowest BCUT2D eigenvalue weighted by Gasteiger charge is -2.18. The molecule has 0 atom stereocenters. The fraction of sp³-hybridized carbons (Fsp3) is 0.0667. The van der Waals surface area contributed by atoms with Crippen LogP contribution in [0.2, 0.25) is 0 Å². The molecule has 0 aliphatic rings. The SMILES string of the molecule is C=C/C(C=N)=C(/Nc1cc(N)nc2ccccc12)C(F)(F)F. The Balaban J connectivity index is 2.64. The van der Waals surface area contributed by atoms with E-state index in [1.165, 1.54) is 6.07 Å². The molecule has 114 valence electrons. The molecule has 1 aromatic carbocycles. The van der Waals surface area contributed by atoms with Crippen LogP contribution in [-0.4, -0.2) is 17.4 Å². The highest BCUT2D eigenvalue weighted by atomic mass is 19.4. The summed E-state index contributed by atoms with van der Waals surface area (Å²) in [6, 6.07) is 8.01. The number of benzene rings is 1. The number of anilines is 2. The maximum absolute atomic E-state index is 13.2. The smallest absolute Gasteiger partial charge is 0.384 e. The second-order valence-electron chi connectivity index (χ2n) is 4.41. The van der Waals surface area contributed by atoms with Gasteiger partial charge in [-0.1, -0.05) is 30.9 Å². The third-order valence-electron chi connectivity index (χ3n) is 2.94. The van der Waals surface area contributed by atoms with E-state index in [4.69, 9.17) is 11.1 Å². The third-order valence-corrected chi connectivity index (χ3v) is 2.94. The highest BCUT2D eigenvalue weighted by Crippen LogP contribution is 2.32. The minimum atomic E-state index is -4.67. The number of fused-ring (bicyclic) bond motifs is 1. The van der Waals surface area contributed by atoms with Gasteiger partial charge in [-0.25, -0.2) is 4.98 Å². The molecule has 0 aliphatic carbocycles. The zero-order chi connectivity index (χ0) is 16.3. The Labute approximate surface area is 124 Å². The minimum Gasteiger partial charge on any atom is -0.384 e. The number of nitrogen functional groups attached to an aromatic ring is 1. The topological polar surface area (TPSA) is 74.8 Å². The Morgan fingerprint density at radius 2 is 2.00 bits per heavy atom. The first-order valence-electron chi connectivity index (χ1n) is 6.23. The average molecular weight is 306 g/mol. The van der Waals surface area contributed by atoms with E-state index < -0.39 is 11.9 Å². The van der Waals surface area contributed by atoms with Crippen molar-refractivity contribution in [2.24, 2.45) is 0 Å². The number of hydrogen-bond donors (Lipinski definition) is 3. The van der Waals surface area contributed by atoms with E-state index in [1.54, 1.807) is 24.3 Å². The number of nitrogens with one attached hydrogen (secondary N) is 2. The summed E-state index contributed by atoms with van der Waals surface area (Å²) in [5, 5.41) is 9.92. The molecule has 1 heterocycles. The average Bonchev–Trinajstić information content (AvgIpc) is 2.46. The molecule has 0 radical (unpaired) electrons. The van der Waals surface area contributed by atoms with E-state index in [-0.39, 0.29) is 17.1 Å². The summed E-state index contributed by atoms with van der Waals surface area (Å²) in [4.78, 5) is 4.07. The number of aromatic nitrogens is 1. The normalized spacial score (nSPS) is 12.7. The molecule has 0 fully saturated rings. The summed E-state index contributed by atoms with van der Waals surface area (Å²) >= 11 is 0. The largest absolute Gasteiger partial charge is 0.431 e. The molecular formula is C15H13F3N4. The molecule has 0 unspecified atom stereocenters. The molecule has 0 saturated heterocycles. The molecule has 0 amide bonds. The van der Waals surface area contributed by atoms with Crippen molar-refractivity contribution in [3.8, 4) is 0 Å². The Bertz CT molecular complexity index is 753. The number of allylic oxidation sites excluding steroid dienone is 3. The summed E-state index contributed by atoms with van der Waals surface area (Å²) in [5.74, 6) is 0.0951. The highest BCUT2D eigenvalue weighted by Gasteiger charge is 2.36. The number of para-hydroxylation sites is 1. The van der Waals surface area contributed by atoms with Crippen molar-refractivity contribution in [2.75, 3.05) is 11.1 Å². The molecule has 2 rings (SSSR count). The van der Waals surface area contributed by atoms with Gasteiger partial charge in [0.15, 0.2) is 0 Å². The van der Waals surface area contributed by atoms with E-state index in [0.717, 1.165) is 6.08 Å². The van der Waals surface area contributed by atoms with Gasteiger partial charge in [0.05, 0.1) is 11.2 Å². The lowest BCUT2D eigenvalue weighted by molar-refractivity contribution is -0.0905. The molecular weight excluding hydrogens is 293 g/mol. The number of hydrogen-bond acceptors (Lipinski definition) is 4. The van der Waals surface area contributed by atoms with Gasteiger partial charge in [0, 0.05) is 23.2 Å². The van der Waals surface area contributed by atoms with E-state index >= 15 is 0 Å². The van der Waals surface area contributed by atoms with Crippen LogP contribution in [0.25, 0.3) is 10.9 Å². The number of pyridine rings is 1. The van der Waals surface area contributed by atoms with Crippen molar-refractivity contribution < 1.29 is 13.2 Å². The second kappa shape index (κ2) is 5.88. The number of nitrogens with two attached hydrogens (primary N) is 1. The van der Waals surface area contributed by atoms with Gasteiger partial charge >= 0.3 is 6.18 Å². The van der Waals surface area contributed by atoms with Gasteiger partial charge in [-0.3, -0.25) is 0 Å². The number of rotatable bonds is 4.